The molecule has 0 aliphatic heterocycles. The van der Waals surface area contributed by atoms with Gasteiger partial charge in [-0.15, -0.1) is 0 Å². The van der Waals surface area contributed by atoms with E-state index in [1.807, 2.05) is 0 Å². The maximum atomic E-state index is 13.2. The number of aliphatic hydroxyl groups excluding tert-OH is 1. The van der Waals surface area contributed by atoms with Gasteiger partial charge in [-0.05, 0) is 42.9 Å². The Morgan fingerprint density at radius 1 is 1.32 bits per heavy atom. The zero-order valence-electron chi connectivity index (χ0n) is 12.8. The Kier molecular flexibility index (Phi) is 4.75. The van der Waals surface area contributed by atoms with Crippen LogP contribution in [0.25, 0.3) is 0 Å². The fraction of sp³-hybridized carbons (Fsp3) is 0.375. The number of carbonyl (C=O) groups is 1. The molecule has 0 saturated heterocycles. The van der Waals surface area contributed by atoms with Gasteiger partial charge < -0.3 is 14.9 Å². The normalized spacial score (nSPS) is 20.7. The number of hydrogen-bond donors (Lipinski definition) is 2. The number of aromatic nitrogens is 1. The van der Waals surface area contributed by atoms with E-state index < -0.39 is 28.8 Å². The molecule has 1 fully saturated rings. The van der Waals surface area contributed by atoms with Gasteiger partial charge >= 0.3 is 6.18 Å². The lowest BCUT2D eigenvalue weighted by Gasteiger charge is -2.21. The Balaban J connectivity index is 2.02. The van der Waals surface area contributed by atoms with Crippen molar-refractivity contribution < 1.29 is 27.6 Å². The lowest BCUT2D eigenvalue weighted by Crippen LogP contribution is -2.16. The van der Waals surface area contributed by atoms with Gasteiger partial charge in [-0.3, -0.25) is 4.79 Å². The largest absolute Gasteiger partial charge is 0.417 e. The smallest absolute Gasteiger partial charge is 0.393 e. The van der Waals surface area contributed by atoms with Crippen LogP contribution in [0.5, 0.6) is 0 Å². The Labute approximate surface area is 145 Å². The summed E-state index contributed by atoms with van der Waals surface area (Å²) < 4.78 is 44.1. The van der Waals surface area contributed by atoms with Gasteiger partial charge in [-0.25, -0.2) is 0 Å². The summed E-state index contributed by atoms with van der Waals surface area (Å²) in [7, 11) is 0. The van der Waals surface area contributed by atoms with Crippen molar-refractivity contribution in [2.45, 2.75) is 37.5 Å². The van der Waals surface area contributed by atoms with Gasteiger partial charge in [0.15, 0.2) is 5.69 Å². The molecule has 1 aliphatic carbocycles. The molecule has 1 heterocycles. The number of nitrogens with one attached hydrogen (secondary N) is 1. The fourth-order valence-corrected chi connectivity index (χ4v) is 3.48. The van der Waals surface area contributed by atoms with Crippen LogP contribution < -0.4 is 5.32 Å². The molecule has 134 valence electrons. The summed E-state index contributed by atoms with van der Waals surface area (Å²) in [5.74, 6) is -0.998. The van der Waals surface area contributed by atoms with E-state index in [1.54, 1.807) is 0 Å². The first-order valence-electron chi connectivity index (χ1n) is 7.56. The lowest BCUT2D eigenvalue weighted by molar-refractivity contribution is -0.137. The summed E-state index contributed by atoms with van der Waals surface area (Å²) in [6.45, 7) is 0. The Bertz CT molecular complexity index is 778. The van der Waals surface area contributed by atoms with E-state index >= 15 is 0 Å². The van der Waals surface area contributed by atoms with Gasteiger partial charge in [0.1, 0.15) is 6.26 Å². The minimum Gasteiger partial charge on any atom is -0.393 e. The van der Waals surface area contributed by atoms with Gasteiger partial charge in [0.05, 0.1) is 16.7 Å². The first-order chi connectivity index (χ1) is 11.8. The lowest BCUT2D eigenvalue weighted by atomic mass is 9.93. The number of anilines is 1. The third-order valence-electron chi connectivity index (χ3n) is 4.22. The molecule has 1 aromatic heterocycles. The van der Waals surface area contributed by atoms with Crippen molar-refractivity contribution in [1.29, 1.82) is 0 Å². The summed E-state index contributed by atoms with van der Waals surface area (Å²) in [6.07, 6.45) is -2.77. The van der Waals surface area contributed by atoms with Crippen molar-refractivity contribution in [1.82, 2.24) is 5.16 Å². The number of alkyl halides is 3. The van der Waals surface area contributed by atoms with Gasteiger partial charge in [-0.1, -0.05) is 16.8 Å². The summed E-state index contributed by atoms with van der Waals surface area (Å²) in [5, 5.41) is 15.3. The number of amides is 1. The van der Waals surface area contributed by atoms with Crippen molar-refractivity contribution in [3.05, 3.63) is 46.3 Å². The van der Waals surface area contributed by atoms with Crippen LogP contribution in [0.15, 0.2) is 29.0 Å². The first kappa shape index (κ1) is 17.8. The average Bonchev–Trinajstić information content (AvgIpc) is 3.17. The maximum Gasteiger partial charge on any atom is 0.417 e. The Morgan fingerprint density at radius 2 is 2.08 bits per heavy atom. The summed E-state index contributed by atoms with van der Waals surface area (Å²) in [5.41, 5.74) is -0.617. The van der Waals surface area contributed by atoms with Crippen LogP contribution in [-0.4, -0.2) is 22.3 Å². The number of nitrogens with zero attached hydrogens (tertiary/aromatic N) is 1. The molecule has 0 spiro atoms. The third kappa shape index (κ3) is 3.64. The van der Waals surface area contributed by atoms with Crippen molar-refractivity contribution >= 4 is 23.2 Å². The van der Waals surface area contributed by atoms with Crippen molar-refractivity contribution in [2.75, 3.05) is 5.32 Å². The highest BCUT2D eigenvalue weighted by Crippen LogP contribution is 2.46. The van der Waals surface area contributed by atoms with Crippen LogP contribution in [0.4, 0.5) is 18.9 Å². The van der Waals surface area contributed by atoms with E-state index in [0.29, 0.717) is 12.8 Å². The van der Waals surface area contributed by atoms with Gasteiger partial charge in [0.2, 0.25) is 0 Å². The highest BCUT2D eigenvalue weighted by molar-refractivity contribution is 6.33. The van der Waals surface area contributed by atoms with Crippen LogP contribution >= 0.6 is 11.6 Å². The van der Waals surface area contributed by atoms with E-state index in [2.05, 4.69) is 15.0 Å². The van der Waals surface area contributed by atoms with Gasteiger partial charge in [-0.2, -0.15) is 13.2 Å². The fourth-order valence-electron chi connectivity index (χ4n) is 3.06. The molecule has 2 N–H and O–H groups in total. The molecule has 0 bridgehead atoms. The van der Waals surface area contributed by atoms with E-state index in [4.69, 9.17) is 11.6 Å². The molecule has 25 heavy (non-hydrogen) atoms. The van der Waals surface area contributed by atoms with Gasteiger partial charge in [0.25, 0.3) is 5.91 Å². The number of benzene rings is 1. The quantitative estimate of drug-likeness (QED) is 0.843. The second-order valence-electron chi connectivity index (χ2n) is 5.89. The predicted octanol–water partition coefficient (Wildman–Crippen LogP) is 4.23. The monoisotopic (exact) mass is 374 g/mol. The van der Waals surface area contributed by atoms with Crippen LogP contribution in [0.2, 0.25) is 5.02 Å². The first-order valence-corrected chi connectivity index (χ1v) is 7.94. The molecule has 1 aliphatic rings. The number of hydrogen-bond acceptors (Lipinski definition) is 4. The average molecular weight is 375 g/mol. The van der Waals surface area contributed by atoms with E-state index in [0.717, 1.165) is 6.07 Å². The second kappa shape index (κ2) is 6.68. The molecule has 9 heteroatoms. The number of aliphatic hydroxyl groups is 1. The number of carbonyl (C=O) groups excluding carboxylic acids is 1. The molecule has 0 unspecified atom stereocenters. The second-order valence-corrected chi connectivity index (χ2v) is 6.27. The molecule has 3 rings (SSSR count). The van der Waals surface area contributed by atoms with Crippen LogP contribution in [-0.2, 0) is 6.18 Å². The van der Waals surface area contributed by atoms with Crippen LogP contribution in [0.3, 0.4) is 0 Å². The Morgan fingerprint density at radius 3 is 2.64 bits per heavy atom. The van der Waals surface area contributed by atoms with E-state index in [9.17, 15) is 23.1 Å². The maximum absolute atomic E-state index is 13.2. The minimum atomic E-state index is -4.61. The molecule has 2 atom stereocenters. The van der Waals surface area contributed by atoms with Gasteiger partial charge in [0, 0.05) is 11.8 Å². The highest BCUT2D eigenvalue weighted by atomic mass is 35.5. The zero-order valence-corrected chi connectivity index (χ0v) is 13.6. The van der Waals surface area contributed by atoms with E-state index in [1.165, 1.54) is 18.4 Å². The SMILES string of the molecule is O=C(Nc1ccc(C(F)(F)F)c(Cl)c1[C@@H]1CC[C@H](O)C1)c1ccon1. The zero-order chi connectivity index (χ0) is 18.2. The molecule has 5 nitrogen and oxygen atoms in total. The topological polar surface area (TPSA) is 75.4 Å². The standard InChI is InChI=1S/C16H14ClF3N2O3/c17-14-10(16(18,19)20)3-4-11(13(14)8-1-2-9(23)7-8)21-15(24)12-5-6-25-22-12/h3-6,8-9,23H,1-2,7H2,(H,21,24)/t8-,9+/m1/s1. The van der Waals surface area contributed by atoms with Crippen LogP contribution in [0.1, 0.15) is 46.8 Å². The molecule has 2 aromatic rings. The molecular formula is C16H14ClF3N2O3. The molecular weight excluding hydrogens is 361 g/mol. The third-order valence-corrected chi connectivity index (χ3v) is 4.62. The summed E-state index contributed by atoms with van der Waals surface area (Å²) in [4.78, 5) is 12.2. The Hall–Kier alpha value is -2.06. The molecule has 1 saturated carbocycles. The minimum absolute atomic E-state index is 0.00609. The molecule has 1 aromatic carbocycles. The van der Waals surface area contributed by atoms with Crippen molar-refractivity contribution in [2.24, 2.45) is 0 Å². The van der Waals surface area contributed by atoms with E-state index in [-0.39, 0.29) is 29.3 Å². The number of rotatable bonds is 3. The summed E-state index contributed by atoms with van der Waals surface area (Å²) in [6, 6.07) is 3.34. The van der Waals surface area contributed by atoms with Crippen molar-refractivity contribution in [3.8, 4) is 0 Å². The number of halogens is 4. The highest BCUT2D eigenvalue weighted by Gasteiger charge is 2.37. The summed E-state index contributed by atoms with van der Waals surface area (Å²) >= 11 is 6.05. The van der Waals surface area contributed by atoms with Crippen LogP contribution in [0, 0.1) is 0 Å². The molecule has 1 amide bonds. The predicted molar refractivity (Wildman–Crippen MR) is 83.5 cm³/mol. The molecule has 0 radical (unpaired) electrons. The van der Waals surface area contributed by atoms with Crippen molar-refractivity contribution in [3.63, 3.8) is 0 Å².